The molecule has 1 aromatic heterocycles. The van der Waals surface area contributed by atoms with Crippen LogP contribution in [0.4, 0.5) is 0 Å². The van der Waals surface area contributed by atoms with Gasteiger partial charge in [0.1, 0.15) is 5.03 Å². The molecule has 0 saturated carbocycles. The highest BCUT2D eigenvalue weighted by molar-refractivity contribution is 7.99. The van der Waals surface area contributed by atoms with Crippen molar-refractivity contribution in [3.05, 3.63) is 35.9 Å². The second-order valence-corrected chi connectivity index (χ2v) is 6.16. The standard InChI is InChI=1S/C15H20N2S/c1-4-16-10-13-9-12-7-5-6-8-14(12)17-15(13)18-11(2)3/h5-9,11,16H,4,10H2,1-3H3. The maximum Gasteiger partial charge on any atom is 0.101 e. The minimum absolute atomic E-state index is 0.555. The largest absolute Gasteiger partial charge is 0.313 e. The third kappa shape index (κ3) is 3.24. The molecule has 0 aliphatic heterocycles. The highest BCUT2D eigenvalue weighted by atomic mass is 32.2. The fraction of sp³-hybridized carbons (Fsp3) is 0.400. The van der Waals surface area contributed by atoms with Crippen LogP contribution in [0.15, 0.2) is 35.4 Å². The molecule has 0 bridgehead atoms. The van der Waals surface area contributed by atoms with E-state index in [0.29, 0.717) is 5.25 Å². The SMILES string of the molecule is CCNCc1cc2ccccc2nc1SC(C)C. The first-order valence-corrected chi connectivity index (χ1v) is 7.34. The average Bonchev–Trinajstić information content (AvgIpc) is 2.35. The molecule has 1 N–H and O–H groups in total. The zero-order valence-electron chi connectivity index (χ0n) is 11.2. The van der Waals surface area contributed by atoms with E-state index in [9.17, 15) is 0 Å². The van der Waals surface area contributed by atoms with E-state index in [1.165, 1.54) is 10.9 Å². The number of hydrogen-bond donors (Lipinski definition) is 1. The predicted molar refractivity (Wildman–Crippen MR) is 80.1 cm³/mol. The fourth-order valence-corrected chi connectivity index (χ4v) is 2.73. The van der Waals surface area contributed by atoms with Gasteiger partial charge in [-0.25, -0.2) is 4.98 Å². The Hall–Kier alpha value is -1.06. The Morgan fingerprint density at radius 3 is 2.78 bits per heavy atom. The van der Waals surface area contributed by atoms with Crippen molar-refractivity contribution >= 4 is 22.7 Å². The van der Waals surface area contributed by atoms with Crippen LogP contribution in [0.2, 0.25) is 0 Å². The lowest BCUT2D eigenvalue weighted by Crippen LogP contribution is -2.13. The van der Waals surface area contributed by atoms with Gasteiger partial charge in [0.05, 0.1) is 5.52 Å². The predicted octanol–water partition coefficient (Wildman–Crippen LogP) is 3.84. The Bertz CT molecular complexity index is 523. The van der Waals surface area contributed by atoms with Crippen molar-refractivity contribution in [3.63, 3.8) is 0 Å². The Kier molecular flexibility index (Phi) is 4.61. The molecule has 2 aromatic rings. The van der Waals surface area contributed by atoms with Gasteiger partial charge in [-0.2, -0.15) is 0 Å². The van der Waals surface area contributed by atoms with Crippen LogP contribution < -0.4 is 5.32 Å². The van der Waals surface area contributed by atoms with Crippen LogP contribution >= 0.6 is 11.8 Å². The quantitative estimate of drug-likeness (QED) is 0.827. The molecular formula is C15H20N2S. The Morgan fingerprint density at radius 2 is 2.06 bits per heavy atom. The summed E-state index contributed by atoms with van der Waals surface area (Å²) >= 11 is 1.84. The summed E-state index contributed by atoms with van der Waals surface area (Å²) in [5.74, 6) is 0. The normalized spacial score (nSPS) is 11.3. The van der Waals surface area contributed by atoms with Gasteiger partial charge in [0.2, 0.25) is 0 Å². The average molecular weight is 260 g/mol. The van der Waals surface area contributed by atoms with Gasteiger partial charge >= 0.3 is 0 Å². The van der Waals surface area contributed by atoms with Crippen molar-refractivity contribution in [1.29, 1.82) is 0 Å². The third-order valence-corrected chi connectivity index (χ3v) is 3.72. The first-order valence-electron chi connectivity index (χ1n) is 6.46. The van der Waals surface area contributed by atoms with Gasteiger partial charge in [0, 0.05) is 17.2 Å². The maximum absolute atomic E-state index is 4.79. The van der Waals surface area contributed by atoms with E-state index >= 15 is 0 Å². The van der Waals surface area contributed by atoms with E-state index in [-0.39, 0.29) is 0 Å². The van der Waals surface area contributed by atoms with Crippen molar-refractivity contribution in [1.82, 2.24) is 10.3 Å². The molecule has 2 nitrogen and oxygen atoms in total. The van der Waals surface area contributed by atoms with Gasteiger partial charge in [0.15, 0.2) is 0 Å². The zero-order valence-corrected chi connectivity index (χ0v) is 12.1. The number of nitrogens with zero attached hydrogens (tertiary/aromatic N) is 1. The van der Waals surface area contributed by atoms with E-state index < -0.39 is 0 Å². The van der Waals surface area contributed by atoms with Crippen LogP contribution in [0.25, 0.3) is 10.9 Å². The lowest BCUT2D eigenvalue weighted by molar-refractivity contribution is 0.713. The van der Waals surface area contributed by atoms with Gasteiger partial charge < -0.3 is 5.32 Å². The molecule has 96 valence electrons. The smallest absolute Gasteiger partial charge is 0.101 e. The van der Waals surface area contributed by atoms with E-state index in [1.807, 2.05) is 17.8 Å². The van der Waals surface area contributed by atoms with Gasteiger partial charge in [-0.3, -0.25) is 0 Å². The summed E-state index contributed by atoms with van der Waals surface area (Å²) in [6.45, 7) is 8.42. The number of thioether (sulfide) groups is 1. The number of nitrogens with one attached hydrogen (secondary N) is 1. The molecule has 0 amide bonds. The topological polar surface area (TPSA) is 24.9 Å². The fourth-order valence-electron chi connectivity index (χ4n) is 1.85. The lowest BCUT2D eigenvalue weighted by atomic mass is 10.1. The van der Waals surface area contributed by atoms with Crippen LogP contribution in [-0.2, 0) is 6.54 Å². The maximum atomic E-state index is 4.79. The molecule has 2 rings (SSSR count). The Balaban J connectivity index is 2.42. The molecule has 1 aromatic carbocycles. The first-order chi connectivity index (χ1) is 8.70. The number of fused-ring (bicyclic) bond motifs is 1. The lowest BCUT2D eigenvalue weighted by Gasteiger charge is -2.12. The number of pyridine rings is 1. The molecular weight excluding hydrogens is 240 g/mol. The van der Waals surface area contributed by atoms with Crippen molar-refractivity contribution in [2.75, 3.05) is 6.54 Å². The summed E-state index contributed by atoms with van der Waals surface area (Å²) in [6.07, 6.45) is 0. The van der Waals surface area contributed by atoms with Gasteiger partial charge in [-0.15, -0.1) is 11.8 Å². The number of benzene rings is 1. The van der Waals surface area contributed by atoms with E-state index in [1.54, 1.807) is 0 Å². The van der Waals surface area contributed by atoms with Crippen LogP contribution in [-0.4, -0.2) is 16.8 Å². The molecule has 18 heavy (non-hydrogen) atoms. The van der Waals surface area contributed by atoms with E-state index in [2.05, 4.69) is 50.4 Å². The van der Waals surface area contributed by atoms with Crippen LogP contribution in [0, 0.1) is 0 Å². The second kappa shape index (κ2) is 6.21. The number of rotatable bonds is 5. The summed E-state index contributed by atoms with van der Waals surface area (Å²) < 4.78 is 0. The molecule has 0 fully saturated rings. The first kappa shape index (κ1) is 13.4. The molecule has 0 unspecified atom stereocenters. The summed E-state index contributed by atoms with van der Waals surface area (Å²) in [6, 6.07) is 10.6. The molecule has 0 radical (unpaired) electrons. The van der Waals surface area contributed by atoms with Crippen molar-refractivity contribution < 1.29 is 0 Å². The van der Waals surface area contributed by atoms with E-state index in [4.69, 9.17) is 4.98 Å². The Labute approximate surface area is 113 Å². The molecule has 3 heteroatoms. The molecule has 0 atom stereocenters. The minimum Gasteiger partial charge on any atom is -0.313 e. The molecule has 0 spiro atoms. The van der Waals surface area contributed by atoms with Crippen LogP contribution in [0.3, 0.4) is 0 Å². The summed E-state index contributed by atoms with van der Waals surface area (Å²) in [4.78, 5) is 4.79. The number of aromatic nitrogens is 1. The summed E-state index contributed by atoms with van der Waals surface area (Å²) in [5.41, 5.74) is 2.38. The number of hydrogen-bond acceptors (Lipinski definition) is 3. The zero-order chi connectivity index (χ0) is 13.0. The van der Waals surface area contributed by atoms with Gasteiger partial charge in [0.25, 0.3) is 0 Å². The van der Waals surface area contributed by atoms with Crippen LogP contribution in [0.5, 0.6) is 0 Å². The van der Waals surface area contributed by atoms with Crippen molar-refractivity contribution in [2.24, 2.45) is 0 Å². The molecule has 1 heterocycles. The number of para-hydroxylation sites is 1. The monoisotopic (exact) mass is 260 g/mol. The molecule has 0 aliphatic rings. The van der Waals surface area contributed by atoms with Crippen molar-refractivity contribution in [3.8, 4) is 0 Å². The van der Waals surface area contributed by atoms with Gasteiger partial charge in [-0.05, 0) is 24.2 Å². The Morgan fingerprint density at radius 1 is 1.28 bits per heavy atom. The summed E-state index contributed by atoms with van der Waals surface area (Å²) in [5, 5.41) is 6.32. The van der Waals surface area contributed by atoms with Gasteiger partial charge in [-0.1, -0.05) is 39.0 Å². The van der Waals surface area contributed by atoms with Crippen molar-refractivity contribution in [2.45, 2.75) is 37.6 Å². The second-order valence-electron chi connectivity index (χ2n) is 4.59. The molecule has 0 aliphatic carbocycles. The third-order valence-electron chi connectivity index (χ3n) is 2.68. The van der Waals surface area contributed by atoms with Crippen LogP contribution in [0.1, 0.15) is 26.3 Å². The van der Waals surface area contributed by atoms with E-state index in [0.717, 1.165) is 23.6 Å². The minimum atomic E-state index is 0.555. The highest BCUT2D eigenvalue weighted by Crippen LogP contribution is 2.27. The molecule has 0 saturated heterocycles. The highest BCUT2D eigenvalue weighted by Gasteiger charge is 2.08. The summed E-state index contributed by atoms with van der Waals surface area (Å²) in [7, 11) is 0.